The zero-order chi connectivity index (χ0) is 12.5. The van der Waals surface area contributed by atoms with E-state index in [4.69, 9.17) is 5.73 Å². The van der Waals surface area contributed by atoms with Crippen molar-refractivity contribution in [3.05, 3.63) is 0 Å². The highest BCUT2D eigenvalue weighted by Crippen LogP contribution is 2.35. The van der Waals surface area contributed by atoms with E-state index in [2.05, 4.69) is 25.7 Å². The highest BCUT2D eigenvalue weighted by Gasteiger charge is 2.35. The predicted molar refractivity (Wildman–Crippen MR) is 74.0 cm³/mol. The average molecular weight is 238 g/mol. The van der Waals surface area contributed by atoms with E-state index in [1.54, 1.807) is 0 Å². The van der Waals surface area contributed by atoms with E-state index in [1.165, 1.54) is 51.6 Å². The Morgan fingerprint density at radius 2 is 1.82 bits per heavy atom. The van der Waals surface area contributed by atoms with Gasteiger partial charge in [0.15, 0.2) is 0 Å². The lowest BCUT2D eigenvalue weighted by Crippen LogP contribution is -2.55. The van der Waals surface area contributed by atoms with E-state index in [0.29, 0.717) is 5.41 Å². The second kappa shape index (κ2) is 4.89. The van der Waals surface area contributed by atoms with Crippen molar-refractivity contribution in [2.75, 3.05) is 19.6 Å². The molecule has 0 aromatic rings. The van der Waals surface area contributed by atoms with E-state index < -0.39 is 0 Å². The van der Waals surface area contributed by atoms with Gasteiger partial charge in [-0.05, 0) is 62.9 Å². The summed E-state index contributed by atoms with van der Waals surface area (Å²) in [5.41, 5.74) is 7.01. The molecule has 1 saturated carbocycles. The highest BCUT2D eigenvalue weighted by atomic mass is 15.1. The van der Waals surface area contributed by atoms with Crippen LogP contribution in [0, 0.1) is 11.3 Å². The normalized spacial score (nSPS) is 30.7. The van der Waals surface area contributed by atoms with Crippen molar-refractivity contribution in [1.29, 1.82) is 0 Å². The van der Waals surface area contributed by atoms with Gasteiger partial charge in [0.25, 0.3) is 0 Å². The van der Waals surface area contributed by atoms with Crippen molar-refractivity contribution in [3.8, 4) is 0 Å². The van der Waals surface area contributed by atoms with Gasteiger partial charge in [-0.15, -0.1) is 0 Å². The molecule has 0 amide bonds. The molecule has 0 aromatic carbocycles. The van der Waals surface area contributed by atoms with Crippen LogP contribution in [0.2, 0.25) is 0 Å². The number of likely N-dealkylation sites (tertiary alicyclic amines) is 1. The third kappa shape index (κ3) is 3.45. The second-order valence-electron chi connectivity index (χ2n) is 7.49. The van der Waals surface area contributed by atoms with Crippen LogP contribution in [0.15, 0.2) is 0 Å². The van der Waals surface area contributed by atoms with Crippen LogP contribution in [0.1, 0.15) is 59.3 Å². The van der Waals surface area contributed by atoms with Crippen LogP contribution >= 0.6 is 0 Å². The number of hydrogen-bond donors (Lipinski definition) is 1. The molecule has 2 N–H and O–H groups in total. The lowest BCUT2D eigenvalue weighted by Gasteiger charge is -2.42. The number of rotatable bonds is 2. The predicted octanol–water partition coefficient (Wildman–Crippen LogP) is 3.02. The molecule has 100 valence electrons. The van der Waals surface area contributed by atoms with Gasteiger partial charge in [0.1, 0.15) is 0 Å². The van der Waals surface area contributed by atoms with Gasteiger partial charge in [0, 0.05) is 12.1 Å². The Hall–Kier alpha value is -0.0800. The van der Waals surface area contributed by atoms with Crippen LogP contribution in [0.25, 0.3) is 0 Å². The summed E-state index contributed by atoms with van der Waals surface area (Å²) in [5.74, 6) is 0.891. The summed E-state index contributed by atoms with van der Waals surface area (Å²) in [6.45, 7) is 10.9. The fourth-order valence-electron chi connectivity index (χ4n) is 3.41. The SMILES string of the molecule is CC(C)(C)C1CCCN(CC2(N)CCC2)CC1. The molecule has 2 fully saturated rings. The molecule has 1 atom stereocenters. The Bertz CT molecular complexity index is 250. The van der Waals surface area contributed by atoms with E-state index in [0.717, 1.165) is 12.5 Å². The van der Waals surface area contributed by atoms with Crippen LogP contribution < -0.4 is 5.73 Å². The highest BCUT2D eigenvalue weighted by molar-refractivity contribution is 4.95. The van der Waals surface area contributed by atoms with Crippen molar-refractivity contribution in [2.24, 2.45) is 17.1 Å². The molecule has 1 heterocycles. The standard InChI is InChI=1S/C15H30N2/c1-14(2,3)13-6-4-10-17(11-7-13)12-15(16)8-5-9-15/h13H,4-12,16H2,1-3H3. The molecule has 2 rings (SSSR count). The minimum absolute atomic E-state index is 0.168. The number of nitrogens with zero attached hydrogens (tertiary/aromatic N) is 1. The van der Waals surface area contributed by atoms with Crippen LogP contribution in [-0.2, 0) is 0 Å². The maximum atomic E-state index is 6.36. The molecule has 2 heteroatoms. The second-order valence-corrected chi connectivity index (χ2v) is 7.49. The topological polar surface area (TPSA) is 29.3 Å². The van der Waals surface area contributed by atoms with E-state index >= 15 is 0 Å². The van der Waals surface area contributed by atoms with Crippen LogP contribution in [-0.4, -0.2) is 30.1 Å². The number of hydrogen-bond acceptors (Lipinski definition) is 2. The van der Waals surface area contributed by atoms with Crippen molar-refractivity contribution in [3.63, 3.8) is 0 Å². The van der Waals surface area contributed by atoms with Gasteiger partial charge in [-0.2, -0.15) is 0 Å². The van der Waals surface area contributed by atoms with Crippen molar-refractivity contribution in [2.45, 2.75) is 64.8 Å². The Balaban J connectivity index is 1.83. The third-order valence-corrected chi connectivity index (χ3v) is 4.93. The zero-order valence-corrected chi connectivity index (χ0v) is 12.0. The maximum absolute atomic E-state index is 6.36. The Kier molecular flexibility index (Phi) is 3.84. The zero-order valence-electron chi connectivity index (χ0n) is 12.0. The number of nitrogens with two attached hydrogens (primary N) is 1. The quantitative estimate of drug-likeness (QED) is 0.801. The smallest absolute Gasteiger partial charge is 0.0283 e. The minimum atomic E-state index is 0.168. The molecular weight excluding hydrogens is 208 g/mol. The van der Waals surface area contributed by atoms with E-state index in [-0.39, 0.29) is 5.54 Å². The van der Waals surface area contributed by atoms with Crippen molar-refractivity contribution >= 4 is 0 Å². The summed E-state index contributed by atoms with van der Waals surface area (Å²) in [6.07, 6.45) is 7.95. The summed E-state index contributed by atoms with van der Waals surface area (Å²) in [6, 6.07) is 0. The van der Waals surface area contributed by atoms with Gasteiger partial charge in [0.05, 0.1) is 0 Å². The van der Waals surface area contributed by atoms with E-state index in [1.807, 2.05) is 0 Å². The maximum Gasteiger partial charge on any atom is 0.0283 e. The molecule has 0 bridgehead atoms. The summed E-state index contributed by atoms with van der Waals surface area (Å²) in [7, 11) is 0. The van der Waals surface area contributed by atoms with Crippen LogP contribution in [0.3, 0.4) is 0 Å². The minimum Gasteiger partial charge on any atom is -0.324 e. The lowest BCUT2D eigenvalue weighted by molar-refractivity contribution is 0.142. The van der Waals surface area contributed by atoms with Gasteiger partial charge >= 0.3 is 0 Å². The Labute approximate surface area is 107 Å². The van der Waals surface area contributed by atoms with Crippen LogP contribution in [0.4, 0.5) is 0 Å². The first-order chi connectivity index (χ1) is 7.89. The van der Waals surface area contributed by atoms with Crippen molar-refractivity contribution < 1.29 is 0 Å². The van der Waals surface area contributed by atoms with Gasteiger partial charge in [-0.3, -0.25) is 0 Å². The summed E-state index contributed by atoms with van der Waals surface area (Å²) in [4.78, 5) is 2.63. The van der Waals surface area contributed by atoms with E-state index in [9.17, 15) is 0 Å². The molecule has 1 unspecified atom stereocenters. The molecule has 0 spiro atoms. The molecular formula is C15H30N2. The Morgan fingerprint density at radius 1 is 1.12 bits per heavy atom. The molecule has 0 radical (unpaired) electrons. The lowest BCUT2D eigenvalue weighted by atomic mass is 9.76. The fourth-order valence-corrected chi connectivity index (χ4v) is 3.41. The molecule has 2 nitrogen and oxygen atoms in total. The molecule has 1 aliphatic carbocycles. The van der Waals surface area contributed by atoms with Crippen molar-refractivity contribution in [1.82, 2.24) is 4.90 Å². The molecule has 1 aliphatic heterocycles. The summed E-state index contributed by atoms with van der Waals surface area (Å²) >= 11 is 0. The van der Waals surface area contributed by atoms with Crippen LogP contribution in [0.5, 0.6) is 0 Å². The van der Waals surface area contributed by atoms with Gasteiger partial charge in [0.2, 0.25) is 0 Å². The molecule has 0 aromatic heterocycles. The molecule has 2 aliphatic rings. The Morgan fingerprint density at radius 3 is 2.35 bits per heavy atom. The first-order valence-corrected chi connectivity index (χ1v) is 7.40. The molecule has 1 saturated heterocycles. The van der Waals surface area contributed by atoms with Gasteiger partial charge < -0.3 is 10.6 Å². The first kappa shape index (κ1) is 13.4. The average Bonchev–Trinajstić information content (AvgIpc) is 2.40. The first-order valence-electron chi connectivity index (χ1n) is 7.40. The molecule has 17 heavy (non-hydrogen) atoms. The van der Waals surface area contributed by atoms with Gasteiger partial charge in [-0.1, -0.05) is 20.8 Å². The summed E-state index contributed by atoms with van der Waals surface area (Å²) in [5, 5.41) is 0. The summed E-state index contributed by atoms with van der Waals surface area (Å²) < 4.78 is 0. The third-order valence-electron chi connectivity index (χ3n) is 4.93. The largest absolute Gasteiger partial charge is 0.324 e. The fraction of sp³-hybridized carbons (Fsp3) is 1.00. The van der Waals surface area contributed by atoms with Gasteiger partial charge in [-0.25, -0.2) is 0 Å². The monoisotopic (exact) mass is 238 g/mol.